The standard InChI is InChI=1S/C29H39N5O5/c1-17(2)25(26(31)36)34-29(39)24(16-18-7-4-3-5-8-18)33-27(37)21-9-6-10-23(21)32-28(38)22(30)15-19-11-13-20(35)14-12-19/h3-5,7-8,11-14,17,21-25,35H,6,9-10,15-16,30H2,1-2H3,(H2,31,36)(H,32,38)(H,33,37)(H,34,39)/t21-,22?,23+,24?,25?/m0/s1. The van der Waals surface area contributed by atoms with Gasteiger partial charge in [-0.3, -0.25) is 19.2 Å². The van der Waals surface area contributed by atoms with Crippen LogP contribution >= 0.6 is 0 Å². The molecule has 0 aliphatic heterocycles. The van der Waals surface area contributed by atoms with Crippen molar-refractivity contribution in [2.75, 3.05) is 0 Å². The first-order valence-electron chi connectivity index (χ1n) is 13.3. The summed E-state index contributed by atoms with van der Waals surface area (Å²) in [6.45, 7) is 3.55. The van der Waals surface area contributed by atoms with Crippen LogP contribution in [0.2, 0.25) is 0 Å². The average molecular weight is 538 g/mol. The van der Waals surface area contributed by atoms with Crippen LogP contribution in [0.5, 0.6) is 5.75 Å². The lowest BCUT2D eigenvalue weighted by atomic mass is 9.98. The van der Waals surface area contributed by atoms with Gasteiger partial charge in [0, 0.05) is 12.5 Å². The number of carbonyl (C=O) groups is 4. The SMILES string of the molecule is CC(C)C(NC(=O)C(Cc1ccccc1)NC(=O)[C@H]1CCC[C@H]1NC(=O)C(N)Cc1ccc(O)cc1)C(N)=O. The van der Waals surface area contributed by atoms with E-state index in [9.17, 15) is 24.3 Å². The highest BCUT2D eigenvalue weighted by molar-refractivity contribution is 5.92. The van der Waals surface area contributed by atoms with Crippen LogP contribution in [0.4, 0.5) is 0 Å². The minimum Gasteiger partial charge on any atom is -0.508 e. The summed E-state index contributed by atoms with van der Waals surface area (Å²) in [6, 6.07) is 12.7. The summed E-state index contributed by atoms with van der Waals surface area (Å²) in [5, 5.41) is 17.9. The van der Waals surface area contributed by atoms with E-state index in [4.69, 9.17) is 11.5 Å². The summed E-state index contributed by atoms with van der Waals surface area (Å²) in [5.74, 6) is -2.49. The van der Waals surface area contributed by atoms with Gasteiger partial charge in [-0.2, -0.15) is 0 Å². The number of aromatic hydroxyl groups is 1. The minimum absolute atomic E-state index is 0.130. The Morgan fingerprint density at radius 1 is 0.897 bits per heavy atom. The molecule has 4 amide bonds. The zero-order valence-corrected chi connectivity index (χ0v) is 22.4. The van der Waals surface area contributed by atoms with Crippen molar-refractivity contribution in [3.8, 4) is 5.75 Å². The van der Waals surface area contributed by atoms with Crippen LogP contribution < -0.4 is 27.4 Å². The maximum absolute atomic E-state index is 13.4. The molecule has 10 nitrogen and oxygen atoms in total. The molecule has 210 valence electrons. The van der Waals surface area contributed by atoms with Gasteiger partial charge in [0.05, 0.1) is 12.0 Å². The number of nitrogens with one attached hydrogen (secondary N) is 3. The average Bonchev–Trinajstić information content (AvgIpc) is 3.36. The monoisotopic (exact) mass is 537 g/mol. The molecule has 1 fully saturated rings. The number of phenolic OH excluding ortho intramolecular Hbond substituents is 1. The third-order valence-corrected chi connectivity index (χ3v) is 7.10. The molecule has 0 heterocycles. The van der Waals surface area contributed by atoms with Crippen LogP contribution in [0.1, 0.15) is 44.2 Å². The molecule has 0 bridgehead atoms. The molecule has 39 heavy (non-hydrogen) atoms. The van der Waals surface area contributed by atoms with Gasteiger partial charge in [0.25, 0.3) is 0 Å². The molecule has 2 aromatic rings. The third kappa shape index (κ3) is 8.54. The minimum atomic E-state index is -0.936. The molecule has 1 aliphatic carbocycles. The molecule has 0 saturated heterocycles. The van der Waals surface area contributed by atoms with Crippen LogP contribution in [0.3, 0.4) is 0 Å². The molecule has 0 radical (unpaired) electrons. The lowest BCUT2D eigenvalue weighted by Crippen LogP contribution is -2.57. The molecule has 2 aromatic carbocycles. The van der Waals surface area contributed by atoms with Crippen molar-refractivity contribution >= 4 is 23.6 Å². The van der Waals surface area contributed by atoms with E-state index in [1.807, 2.05) is 30.3 Å². The second-order valence-electron chi connectivity index (χ2n) is 10.5. The number of nitrogens with two attached hydrogens (primary N) is 2. The molecular weight excluding hydrogens is 498 g/mol. The van der Waals surface area contributed by atoms with Gasteiger partial charge in [-0.1, -0.05) is 62.7 Å². The number of hydrogen-bond donors (Lipinski definition) is 6. The van der Waals surface area contributed by atoms with Gasteiger partial charge in [-0.25, -0.2) is 0 Å². The van der Waals surface area contributed by atoms with Crippen molar-refractivity contribution in [2.45, 2.75) is 70.1 Å². The molecule has 0 spiro atoms. The van der Waals surface area contributed by atoms with E-state index >= 15 is 0 Å². The van der Waals surface area contributed by atoms with Crippen molar-refractivity contribution in [3.05, 3.63) is 65.7 Å². The summed E-state index contributed by atoms with van der Waals surface area (Å²) >= 11 is 0. The smallest absolute Gasteiger partial charge is 0.243 e. The summed E-state index contributed by atoms with van der Waals surface area (Å²) in [4.78, 5) is 51.3. The van der Waals surface area contributed by atoms with E-state index in [0.29, 0.717) is 12.8 Å². The topological polar surface area (TPSA) is 177 Å². The molecule has 10 heteroatoms. The van der Waals surface area contributed by atoms with Gasteiger partial charge in [0.2, 0.25) is 23.6 Å². The molecule has 3 rings (SSSR count). The zero-order chi connectivity index (χ0) is 28.5. The van der Waals surface area contributed by atoms with Gasteiger partial charge < -0.3 is 32.5 Å². The molecule has 1 aliphatic rings. The largest absolute Gasteiger partial charge is 0.508 e. The number of carbonyl (C=O) groups excluding carboxylic acids is 4. The van der Waals surface area contributed by atoms with Gasteiger partial charge in [0.15, 0.2) is 0 Å². The summed E-state index contributed by atoms with van der Waals surface area (Å²) < 4.78 is 0. The molecule has 8 N–H and O–H groups in total. The van der Waals surface area contributed by atoms with Crippen LogP contribution in [0.15, 0.2) is 54.6 Å². The first kappa shape index (κ1) is 29.6. The van der Waals surface area contributed by atoms with Gasteiger partial charge in [-0.15, -0.1) is 0 Å². The zero-order valence-electron chi connectivity index (χ0n) is 22.4. The first-order chi connectivity index (χ1) is 18.5. The Kier molecular flexibility index (Phi) is 10.4. The summed E-state index contributed by atoms with van der Waals surface area (Å²) in [5.41, 5.74) is 13.3. The van der Waals surface area contributed by atoms with Gasteiger partial charge in [0.1, 0.15) is 17.8 Å². The second-order valence-corrected chi connectivity index (χ2v) is 10.5. The fraction of sp³-hybridized carbons (Fsp3) is 0.448. The Hall–Kier alpha value is -3.92. The quantitative estimate of drug-likeness (QED) is 0.234. The number of primary amides is 1. The van der Waals surface area contributed by atoms with E-state index in [-0.39, 0.29) is 36.3 Å². The number of benzene rings is 2. The third-order valence-electron chi connectivity index (χ3n) is 7.10. The van der Waals surface area contributed by atoms with E-state index in [1.54, 1.807) is 26.0 Å². The highest BCUT2D eigenvalue weighted by atomic mass is 16.3. The normalized spacial score (nSPS) is 19.1. The Labute approximate surface area is 228 Å². The lowest BCUT2D eigenvalue weighted by Gasteiger charge is -2.27. The number of hydrogen-bond acceptors (Lipinski definition) is 6. The second kappa shape index (κ2) is 13.7. The fourth-order valence-electron chi connectivity index (χ4n) is 4.87. The summed E-state index contributed by atoms with van der Waals surface area (Å²) in [7, 11) is 0. The van der Waals surface area contributed by atoms with Crippen molar-refractivity contribution in [1.82, 2.24) is 16.0 Å². The fourth-order valence-corrected chi connectivity index (χ4v) is 4.87. The maximum Gasteiger partial charge on any atom is 0.243 e. The van der Waals surface area contributed by atoms with E-state index in [1.165, 1.54) is 12.1 Å². The number of rotatable bonds is 12. The Bertz CT molecular complexity index is 1140. The number of phenols is 1. The Morgan fingerprint density at radius 2 is 1.54 bits per heavy atom. The van der Waals surface area contributed by atoms with E-state index in [0.717, 1.165) is 17.5 Å². The Morgan fingerprint density at radius 3 is 2.15 bits per heavy atom. The number of amides is 4. The Balaban J connectivity index is 1.67. The van der Waals surface area contributed by atoms with Crippen molar-refractivity contribution in [3.63, 3.8) is 0 Å². The van der Waals surface area contributed by atoms with Gasteiger partial charge >= 0.3 is 0 Å². The molecular formula is C29H39N5O5. The highest BCUT2D eigenvalue weighted by Gasteiger charge is 2.37. The molecule has 1 saturated carbocycles. The molecule has 0 aromatic heterocycles. The molecule has 3 unspecified atom stereocenters. The van der Waals surface area contributed by atoms with Crippen molar-refractivity contribution in [2.24, 2.45) is 23.3 Å². The highest BCUT2D eigenvalue weighted by Crippen LogP contribution is 2.26. The van der Waals surface area contributed by atoms with E-state index < -0.39 is 41.9 Å². The predicted molar refractivity (Wildman–Crippen MR) is 147 cm³/mol. The van der Waals surface area contributed by atoms with E-state index in [2.05, 4.69) is 16.0 Å². The van der Waals surface area contributed by atoms with Crippen LogP contribution in [-0.2, 0) is 32.0 Å². The summed E-state index contributed by atoms with van der Waals surface area (Å²) in [6.07, 6.45) is 2.42. The predicted octanol–water partition coefficient (Wildman–Crippen LogP) is 0.901. The van der Waals surface area contributed by atoms with Crippen LogP contribution in [0, 0.1) is 11.8 Å². The van der Waals surface area contributed by atoms with Crippen molar-refractivity contribution in [1.29, 1.82) is 0 Å². The van der Waals surface area contributed by atoms with Crippen LogP contribution in [-0.4, -0.2) is 52.9 Å². The maximum atomic E-state index is 13.4. The lowest BCUT2D eigenvalue weighted by molar-refractivity contribution is -0.133. The first-order valence-corrected chi connectivity index (χ1v) is 13.3. The molecule has 5 atom stereocenters. The van der Waals surface area contributed by atoms with Crippen LogP contribution in [0.25, 0.3) is 0 Å². The van der Waals surface area contributed by atoms with Gasteiger partial charge in [-0.05, 0) is 48.4 Å². The van der Waals surface area contributed by atoms with Crippen molar-refractivity contribution < 1.29 is 24.3 Å².